The third-order valence-electron chi connectivity index (χ3n) is 3.43. The fourth-order valence-electron chi connectivity index (χ4n) is 2.22. The summed E-state index contributed by atoms with van der Waals surface area (Å²) in [4.78, 5) is 38.0. The monoisotopic (exact) mass is 278 g/mol. The van der Waals surface area contributed by atoms with Gasteiger partial charge in [0.05, 0.1) is 13.7 Å². The number of hydrogen-bond acceptors (Lipinski definition) is 5. The van der Waals surface area contributed by atoms with Crippen LogP contribution in [0.5, 0.6) is 0 Å². The number of methoxy groups -OCH3 is 1. The van der Waals surface area contributed by atoms with Gasteiger partial charge in [-0.15, -0.1) is 0 Å². The summed E-state index contributed by atoms with van der Waals surface area (Å²) >= 11 is 0. The van der Waals surface area contributed by atoms with E-state index in [1.54, 1.807) is 11.0 Å². The zero-order valence-corrected chi connectivity index (χ0v) is 11.0. The first-order valence-electron chi connectivity index (χ1n) is 6.38. The molecule has 1 aliphatic carbocycles. The van der Waals surface area contributed by atoms with E-state index in [9.17, 15) is 14.4 Å². The molecule has 2 heterocycles. The Balaban J connectivity index is 1.71. The molecule has 0 radical (unpaired) electrons. The van der Waals surface area contributed by atoms with E-state index in [0.29, 0.717) is 5.76 Å². The Labute approximate surface area is 115 Å². The van der Waals surface area contributed by atoms with Gasteiger partial charge in [-0.2, -0.15) is 0 Å². The molecule has 2 fully saturated rings. The molecule has 3 rings (SSSR count). The molecule has 0 aromatic carbocycles. The highest BCUT2D eigenvalue weighted by molar-refractivity contribution is 6.02. The van der Waals surface area contributed by atoms with Gasteiger partial charge in [-0.3, -0.25) is 9.69 Å². The van der Waals surface area contributed by atoms with Crippen LogP contribution in [0.4, 0.5) is 4.79 Å². The number of carbonyl (C=O) groups is 3. The summed E-state index contributed by atoms with van der Waals surface area (Å²) in [5.41, 5.74) is 0. The maximum absolute atomic E-state index is 12.1. The van der Waals surface area contributed by atoms with Gasteiger partial charge in [-0.25, -0.2) is 9.59 Å². The number of nitrogens with zero attached hydrogens (tertiary/aromatic N) is 2. The maximum Gasteiger partial charge on any atom is 0.373 e. The van der Waals surface area contributed by atoms with Crippen molar-refractivity contribution in [3.8, 4) is 0 Å². The molecule has 7 heteroatoms. The highest BCUT2D eigenvalue weighted by Crippen LogP contribution is 2.30. The van der Waals surface area contributed by atoms with E-state index in [1.165, 1.54) is 13.2 Å². The van der Waals surface area contributed by atoms with Gasteiger partial charge in [0.1, 0.15) is 12.3 Å². The summed E-state index contributed by atoms with van der Waals surface area (Å²) in [5.74, 6) is -0.391. The summed E-state index contributed by atoms with van der Waals surface area (Å²) < 4.78 is 9.80. The molecule has 1 aliphatic heterocycles. The van der Waals surface area contributed by atoms with Gasteiger partial charge in [0, 0.05) is 6.04 Å². The Bertz CT molecular complexity index is 575. The predicted molar refractivity (Wildman–Crippen MR) is 65.7 cm³/mol. The van der Waals surface area contributed by atoms with E-state index in [0.717, 1.165) is 17.7 Å². The summed E-state index contributed by atoms with van der Waals surface area (Å²) in [6.45, 7) is 0.173. The third-order valence-corrected chi connectivity index (χ3v) is 3.43. The number of hydrogen-bond donors (Lipinski definition) is 0. The van der Waals surface area contributed by atoms with E-state index < -0.39 is 5.97 Å². The Kier molecular flexibility index (Phi) is 2.96. The third kappa shape index (κ3) is 2.15. The van der Waals surface area contributed by atoms with E-state index >= 15 is 0 Å². The molecule has 0 N–H and O–H groups in total. The van der Waals surface area contributed by atoms with E-state index in [4.69, 9.17) is 4.42 Å². The zero-order chi connectivity index (χ0) is 14.3. The molecule has 1 aromatic rings. The van der Waals surface area contributed by atoms with Crippen molar-refractivity contribution >= 4 is 17.9 Å². The lowest BCUT2D eigenvalue weighted by Gasteiger charge is -2.15. The van der Waals surface area contributed by atoms with Gasteiger partial charge in [0.25, 0.3) is 5.91 Å². The van der Waals surface area contributed by atoms with Crippen molar-refractivity contribution in [1.82, 2.24) is 9.80 Å². The molecule has 0 bridgehead atoms. The number of ether oxygens (including phenoxy) is 1. The number of urea groups is 1. The average molecular weight is 278 g/mol. The molecule has 0 atom stereocenters. The summed E-state index contributed by atoms with van der Waals surface area (Å²) in [7, 11) is 1.26. The quantitative estimate of drug-likeness (QED) is 0.606. The van der Waals surface area contributed by atoms with Crippen LogP contribution in [0.25, 0.3) is 0 Å². The molecule has 106 valence electrons. The van der Waals surface area contributed by atoms with Crippen molar-refractivity contribution in [2.45, 2.75) is 25.4 Å². The van der Waals surface area contributed by atoms with Gasteiger partial charge in [0.15, 0.2) is 0 Å². The van der Waals surface area contributed by atoms with Gasteiger partial charge in [-0.1, -0.05) is 0 Å². The number of carbonyl (C=O) groups excluding carboxylic acids is 3. The number of esters is 1. The molecular weight excluding hydrogens is 264 g/mol. The molecule has 3 amide bonds. The molecule has 1 saturated heterocycles. The first kappa shape index (κ1) is 12.7. The van der Waals surface area contributed by atoms with Crippen LogP contribution in [0.3, 0.4) is 0 Å². The lowest BCUT2D eigenvalue weighted by Crippen LogP contribution is -2.33. The van der Waals surface area contributed by atoms with Gasteiger partial charge in [0.2, 0.25) is 5.76 Å². The van der Waals surface area contributed by atoms with E-state index in [1.807, 2.05) is 0 Å². The normalized spacial score (nSPS) is 18.9. The van der Waals surface area contributed by atoms with Crippen molar-refractivity contribution in [2.24, 2.45) is 0 Å². The van der Waals surface area contributed by atoms with Crippen LogP contribution in [-0.2, 0) is 16.1 Å². The van der Waals surface area contributed by atoms with Crippen LogP contribution < -0.4 is 0 Å². The van der Waals surface area contributed by atoms with E-state index in [-0.39, 0.29) is 36.8 Å². The standard InChI is InChI=1S/C13H14N2O5/c1-19-12(17)10-5-4-9(20-10)6-15-11(16)7-14(13(15)18)8-2-3-8/h4-5,8H,2-3,6-7H2,1H3. The van der Waals surface area contributed by atoms with Crippen LogP contribution >= 0.6 is 0 Å². The number of amides is 3. The molecule has 1 saturated carbocycles. The summed E-state index contributed by atoms with van der Waals surface area (Å²) in [5, 5.41) is 0. The smallest absolute Gasteiger partial charge is 0.373 e. The van der Waals surface area contributed by atoms with E-state index in [2.05, 4.69) is 4.74 Å². The minimum Gasteiger partial charge on any atom is -0.463 e. The molecular formula is C13H14N2O5. The van der Waals surface area contributed by atoms with Crippen LogP contribution in [0.15, 0.2) is 16.5 Å². The van der Waals surface area contributed by atoms with Crippen LogP contribution in [0.2, 0.25) is 0 Å². The number of imide groups is 1. The fourth-order valence-corrected chi connectivity index (χ4v) is 2.22. The Morgan fingerprint density at radius 1 is 1.40 bits per heavy atom. The largest absolute Gasteiger partial charge is 0.463 e. The SMILES string of the molecule is COC(=O)c1ccc(CN2C(=O)CN(C3CC3)C2=O)o1. The minimum atomic E-state index is -0.588. The molecule has 0 spiro atoms. The van der Waals surface area contributed by atoms with Crippen LogP contribution in [-0.4, -0.2) is 47.4 Å². The van der Waals surface area contributed by atoms with Crippen LogP contribution in [0, 0.1) is 0 Å². The number of rotatable bonds is 4. The Morgan fingerprint density at radius 3 is 2.80 bits per heavy atom. The van der Waals surface area contributed by atoms with Crippen molar-refractivity contribution in [3.63, 3.8) is 0 Å². The minimum absolute atomic E-state index is 0.0396. The Hall–Kier alpha value is -2.31. The first-order chi connectivity index (χ1) is 9.60. The zero-order valence-electron chi connectivity index (χ0n) is 11.0. The highest BCUT2D eigenvalue weighted by Gasteiger charge is 2.43. The molecule has 2 aliphatic rings. The second-order valence-electron chi connectivity index (χ2n) is 4.88. The average Bonchev–Trinajstić information content (AvgIpc) is 3.12. The number of furan rings is 1. The molecule has 7 nitrogen and oxygen atoms in total. The molecule has 0 unspecified atom stereocenters. The highest BCUT2D eigenvalue weighted by atomic mass is 16.5. The van der Waals surface area contributed by atoms with Gasteiger partial charge >= 0.3 is 12.0 Å². The summed E-state index contributed by atoms with van der Waals surface area (Å²) in [6.07, 6.45) is 1.92. The molecule has 1 aromatic heterocycles. The lowest BCUT2D eigenvalue weighted by atomic mass is 10.4. The Morgan fingerprint density at radius 2 is 2.15 bits per heavy atom. The van der Waals surface area contributed by atoms with Gasteiger partial charge < -0.3 is 14.1 Å². The lowest BCUT2D eigenvalue weighted by molar-refractivity contribution is -0.125. The second kappa shape index (κ2) is 4.66. The van der Waals surface area contributed by atoms with Crippen molar-refractivity contribution in [1.29, 1.82) is 0 Å². The van der Waals surface area contributed by atoms with Crippen molar-refractivity contribution in [2.75, 3.05) is 13.7 Å². The second-order valence-corrected chi connectivity index (χ2v) is 4.88. The van der Waals surface area contributed by atoms with Crippen LogP contribution in [0.1, 0.15) is 29.2 Å². The first-order valence-corrected chi connectivity index (χ1v) is 6.38. The predicted octanol–water partition coefficient (Wildman–Crippen LogP) is 0.993. The van der Waals surface area contributed by atoms with Crippen molar-refractivity contribution < 1.29 is 23.5 Å². The summed E-state index contributed by atoms with van der Waals surface area (Å²) in [6, 6.07) is 2.95. The van der Waals surface area contributed by atoms with Crippen molar-refractivity contribution in [3.05, 3.63) is 23.7 Å². The van der Waals surface area contributed by atoms with Gasteiger partial charge in [-0.05, 0) is 25.0 Å². The fraction of sp³-hybridized carbons (Fsp3) is 0.462. The maximum atomic E-state index is 12.1. The molecule has 20 heavy (non-hydrogen) atoms. The topological polar surface area (TPSA) is 80.1 Å².